The third-order valence-corrected chi connectivity index (χ3v) is 6.33. The Labute approximate surface area is 222 Å². The summed E-state index contributed by atoms with van der Waals surface area (Å²) in [7, 11) is 3.01. The lowest BCUT2D eigenvalue weighted by molar-refractivity contribution is 0.0937. The van der Waals surface area contributed by atoms with Crippen molar-refractivity contribution in [2.75, 3.05) is 13.7 Å². The number of aromatic hydroxyl groups is 1. The van der Waals surface area contributed by atoms with Crippen LogP contribution in [-0.2, 0) is 13.6 Å². The maximum atomic E-state index is 12.7. The first-order chi connectivity index (χ1) is 18.2. The van der Waals surface area contributed by atoms with Gasteiger partial charge in [-0.05, 0) is 42.5 Å². The number of fused-ring (bicyclic) bond motifs is 2. The summed E-state index contributed by atoms with van der Waals surface area (Å²) in [6, 6.07) is 12.2. The molecule has 13 nitrogen and oxygen atoms in total. The largest absolute Gasteiger partial charge is 0.497 e. The Morgan fingerprint density at radius 2 is 1.84 bits per heavy atom. The highest BCUT2D eigenvalue weighted by Crippen LogP contribution is 2.37. The lowest BCUT2D eigenvalue weighted by Crippen LogP contribution is -2.30. The molecule has 0 aliphatic rings. The Morgan fingerprint density at radius 3 is 2.58 bits per heavy atom. The summed E-state index contributed by atoms with van der Waals surface area (Å²) in [6.07, 6.45) is -1.09. The summed E-state index contributed by atoms with van der Waals surface area (Å²) in [4.78, 5) is 34.3. The van der Waals surface area contributed by atoms with Crippen LogP contribution in [0.15, 0.2) is 66.8 Å². The van der Waals surface area contributed by atoms with Gasteiger partial charge in [-0.25, -0.2) is 4.79 Å². The van der Waals surface area contributed by atoms with Gasteiger partial charge in [-0.2, -0.15) is 4.98 Å². The lowest BCUT2D eigenvalue weighted by atomic mass is 10.2. The van der Waals surface area contributed by atoms with Crippen molar-refractivity contribution in [1.82, 2.24) is 24.1 Å². The monoisotopic (exact) mass is 583 g/mol. The molecule has 0 radical (unpaired) electrons. The normalized spacial score (nSPS) is 12.5. The molecule has 3 aromatic heterocycles. The van der Waals surface area contributed by atoms with Crippen molar-refractivity contribution in [3.05, 3.63) is 67.8 Å². The van der Waals surface area contributed by atoms with Crippen molar-refractivity contribution in [3.63, 3.8) is 0 Å². The molecule has 5 aromatic rings. The van der Waals surface area contributed by atoms with Gasteiger partial charge in [0.25, 0.3) is 11.5 Å². The number of ether oxygens (including phenoxy) is 2. The predicted molar refractivity (Wildman–Crippen MR) is 142 cm³/mol. The van der Waals surface area contributed by atoms with Crippen molar-refractivity contribution in [1.29, 1.82) is 0 Å². The van der Waals surface area contributed by atoms with Crippen molar-refractivity contribution < 1.29 is 19.7 Å². The molecule has 0 aliphatic carbocycles. The zero-order valence-electron chi connectivity index (χ0n) is 20.2. The van der Waals surface area contributed by atoms with E-state index in [1.54, 1.807) is 49.6 Å². The molecule has 0 aliphatic heterocycles. The molecule has 1 atom stereocenters. The molecule has 0 unspecified atom stereocenters. The van der Waals surface area contributed by atoms with E-state index < -0.39 is 17.4 Å². The lowest BCUT2D eigenvalue weighted by Gasteiger charge is -2.14. The van der Waals surface area contributed by atoms with E-state index in [1.165, 1.54) is 11.6 Å². The van der Waals surface area contributed by atoms with E-state index in [-0.39, 0.29) is 41.8 Å². The van der Waals surface area contributed by atoms with Gasteiger partial charge in [-0.1, -0.05) is 15.9 Å². The quantitative estimate of drug-likeness (QED) is 0.203. The van der Waals surface area contributed by atoms with Crippen LogP contribution in [0.5, 0.6) is 17.4 Å². The van der Waals surface area contributed by atoms with Crippen LogP contribution in [0.3, 0.4) is 0 Å². The van der Waals surface area contributed by atoms with E-state index in [9.17, 15) is 19.8 Å². The van der Waals surface area contributed by atoms with Gasteiger partial charge >= 0.3 is 5.69 Å². The number of methoxy groups -OCH3 is 1. The van der Waals surface area contributed by atoms with Crippen LogP contribution in [0, 0.1) is 0 Å². The summed E-state index contributed by atoms with van der Waals surface area (Å²) in [5.41, 5.74) is -0.473. The molecule has 0 bridgehead atoms. The van der Waals surface area contributed by atoms with Gasteiger partial charge in [-0.3, -0.25) is 18.9 Å². The van der Waals surface area contributed by atoms with E-state index in [1.807, 2.05) is 0 Å². The van der Waals surface area contributed by atoms with Crippen LogP contribution in [0.1, 0.15) is 0 Å². The van der Waals surface area contributed by atoms with Crippen LogP contribution in [0.2, 0.25) is 0 Å². The van der Waals surface area contributed by atoms with E-state index in [0.29, 0.717) is 22.4 Å². The minimum absolute atomic E-state index is 0.0236. The molecule has 0 saturated carbocycles. The van der Waals surface area contributed by atoms with Crippen molar-refractivity contribution in [2.24, 2.45) is 17.3 Å². The second-order valence-corrected chi connectivity index (χ2v) is 9.28. The number of hydrogen-bond acceptors (Lipinski definition) is 9. The van der Waals surface area contributed by atoms with Gasteiger partial charge in [0.1, 0.15) is 24.2 Å². The van der Waals surface area contributed by atoms with Gasteiger partial charge < -0.3 is 24.7 Å². The fourth-order valence-corrected chi connectivity index (χ4v) is 4.29. The SMILES string of the molecule is COc1ccc(OC[C@@H](O)Cn2c(N=Nc3c(O)[nH]c4ccc(Br)cc34)nc3c2c(=O)[nH]c(=O)n3C)cc1. The van der Waals surface area contributed by atoms with E-state index >= 15 is 0 Å². The highest BCUT2D eigenvalue weighted by molar-refractivity contribution is 9.10. The minimum Gasteiger partial charge on any atom is -0.497 e. The first-order valence-corrected chi connectivity index (χ1v) is 12.1. The van der Waals surface area contributed by atoms with Crippen molar-refractivity contribution in [3.8, 4) is 17.4 Å². The Hall–Kier alpha value is -4.43. The maximum absolute atomic E-state index is 12.7. The Kier molecular flexibility index (Phi) is 6.73. The third kappa shape index (κ3) is 4.78. The summed E-state index contributed by atoms with van der Waals surface area (Å²) in [6.45, 7) is -0.253. The molecule has 0 saturated heterocycles. The van der Waals surface area contributed by atoms with Crippen LogP contribution in [-0.4, -0.2) is 54.1 Å². The van der Waals surface area contributed by atoms with Crippen LogP contribution < -0.4 is 20.7 Å². The number of hydrogen-bond donors (Lipinski definition) is 4. The molecule has 0 amide bonds. The van der Waals surface area contributed by atoms with Crippen molar-refractivity contribution >= 4 is 49.6 Å². The van der Waals surface area contributed by atoms with Crippen LogP contribution in [0.25, 0.3) is 22.1 Å². The minimum atomic E-state index is -1.09. The molecule has 0 spiro atoms. The van der Waals surface area contributed by atoms with E-state index in [0.717, 1.165) is 9.04 Å². The number of aromatic nitrogens is 5. The Balaban J connectivity index is 1.50. The fraction of sp³-hybridized carbons (Fsp3) is 0.208. The van der Waals surface area contributed by atoms with Gasteiger partial charge in [0.05, 0.1) is 19.2 Å². The standard InChI is InChI=1S/C24H22BrN7O6/c1-31-20-19(22(35)28-24(31)36)32(10-13(33)11-38-15-6-4-14(37-2)5-7-15)23(27-20)30-29-18-16-9-12(25)3-8-17(16)26-21(18)34/h3-9,13,26,33-34H,10-11H2,1-2H3,(H,28,35,36)/t13-/m0/s1. The molecule has 196 valence electrons. The predicted octanol–water partition coefficient (Wildman–Crippen LogP) is 3.24. The van der Waals surface area contributed by atoms with Crippen LogP contribution >= 0.6 is 15.9 Å². The van der Waals surface area contributed by atoms with Gasteiger partial charge in [-0.15, -0.1) is 10.2 Å². The van der Waals surface area contributed by atoms with Crippen LogP contribution in [0.4, 0.5) is 11.6 Å². The van der Waals surface area contributed by atoms with Gasteiger partial charge in [0, 0.05) is 16.9 Å². The summed E-state index contributed by atoms with van der Waals surface area (Å²) < 4.78 is 14.1. The number of benzene rings is 2. The molecule has 14 heteroatoms. The van der Waals surface area contributed by atoms with E-state index in [2.05, 4.69) is 41.1 Å². The number of halogens is 1. The molecular weight excluding hydrogens is 562 g/mol. The number of aliphatic hydroxyl groups is 1. The van der Waals surface area contributed by atoms with Gasteiger partial charge in [0.2, 0.25) is 5.88 Å². The summed E-state index contributed by atoms with van der Waals surface area (Å²) >= 11 is 3.39. The Morgan fingerprint density at radius 1 is 1.11 bits per heavy atom. The molecule has 2 aromatic carbocycles. The topological polar surface area (TPSA) is 172 Å². The second-order valence-electron chi connectivity index (χ2n) is 8.37. The number of azo groups is 1. The molecule has 5 rings (SSSR count). The number of aliphatic hydroxyl groups excluding tert-OH is 1. The average molecular weight is 584 g/mol. The molecule has 3 heterocycles. The third-order valence-electron chi connectivity index (χ3n) is 5.84. The second kappa shape index (κ2) is 10.1. The number of rotatable bonds is 8. The molecule has 38 heavy (non-hydrogen) atoms. The van der Waals surface area contributed by atoms with Gasteiger partial charge in [0.15, 0.2) is 16.9 Å². The number of nitrogens with zero attached hydrogens (tertiary/aromatic N) is 5. The molecular formula is C24H22BrN7O6. The van der Waals surface area contributed by atoms with Crippen molar-refractivity contribution in [2.45, 2.75) is 12.6 Å². The molecule has 4 N–H and O–H groups in total. The smallest absolute Gasteiger partial charge is 0.329 e. The number of aromatic amines is 2. The number of imidazole rings is 1. The number of nitrogens with one attached hydrogen (secondary N) is 2. The first-order valence-electron chi connectivity index (χ1n) is 11.3. The van der Waals surface area contributed by atoms with E-state index in [4.69, 9.17) is 9.47 Å². The highest BCUT2D eigenvalue weighted by Gasteiger charge is 2.21. The fourth-order valence-electron chi connectivity index (χ4n) is 3.93. The average Bonchev–Trinajstić information content (AvgIpc) is 3.41. The summed E-state index contributed by atoms with van der Waals surface area (Å²) in [5.74, 6) is 0.916. The Bertz CT molecular complexity index is 1780. The maximum Gasteiger partial charge on any atom is 0.329 e. The number of H-pyrrole nitrogens is 2. The highest BCUT2D eigenvalue weighted by atomic mass is 79.9. The zero-order chi connectivity index (χ0) is 27.0. The molecule has 0 fully saturated rings. The summed E-state index contributed by atoms with van der Waals surface area (Å²) in [5, 5.41) is 30.1. The number of aryl methyl sites for hydroxylation is 1. The first kappa shape index (κ1) is 25.2. The zero-order valence-corrected chi connectivity index (χ0v) is 21.8.